The summed E-state index contributed by atoms with van der Waals surface area (Å²) in [6.07, 6.45) is 1.54. The van der Waals surface area contributed by atoms with Gasteiger partial charge in [-0.1, -0.05) is 60.3 Å². The van der Waals surface area contributed by atoms with Crippen LogP contribution in [-0.2, 0) is 12.3 Å². The molecule has 0 saturated heterocycles. The average molecular weight is 432 g/mol. The lowest BCUT2D eigenvalue weighted by atomic mass is 10.2. The van der Waals surface area contributed by atoms with Gasteiger partial charge in [-0.3, -0.25) is 4.79 Å². The first-order chi connectivity index (χ1) is 12.6. The Balaban J connectivity index is 1.67. The first-order valence-corrected chi connectivity index (χ1v) is 9.62. The maximum absolute atomic E-state index is 13.7. The number of nitrogens with zero attached hydrogens (tertiary/aromatic N) is 2. The third-order valence-electron chi connectivity index (χ3n) is 3.55. The summed E-state index contributed by atoms with van der Waals surface area (Å²) in [5, 5.41) is 3.26. The van der Waals surface area contributed by atoms with Gasteiger partial charge in [0.25, 0.3) is 5.91 Å². The molecular weight excluding hydrogens is 417 g/mol. The fraction of sp³-hybridized carbons (Fsp3) is 0.105. The Kier molecular flexibility index (Phi) is 6.35. The molecule has 3 aromatic rings. The van der Waals surface area contributed by atoms with E-state index in [4.69, 9.17) is 0 Å². The monoisotopic (exact) mass is 431 g/mol. The summed E-state index contributed by atoms with van der Waals surface area (Å²) in [5.74, 6) is -0.173. The summed E-state index contributed by atoms with van der Waals surface area (Å²) in [5.41, 5.74) is 1.83. The fourth-order valence-corrected chi connectivity index (χ4v) is 3.37. The van der Waals surface area contributed by atoms with E-state index in [9.17, 15) is 9.18 Å². The molecule has 0 atom stereocenters. The standard InChI is InChI=1S/C19H15BrFN3OS/c20-15-11-23-19(26-12-14-8-4-5-9-16(14)21)24-17(15)18(25)22-10-13-6-2-1-3-7-13/h1-9,11H,10,12H2,(H,22,25). The van der Waals surface area contributed by atoms with Gasteiger partial charge >= 0.3 is 0 Å². The Morgan fingerprint density at radius 1 is 1.12 bits per heavy atom. The average Bonchev–Trinajstić information content (AvgIpc) is 2.67. The quantitative estimate of drug-likeness (QED) is 0.457. The molecule has 0 aliphatic heterocycles. The van der Waals surface area contributed by atoms with E-state index in [-0.39, 0.29) is 17.4 Å². The zero-order valence-corrected chi connectivity index (χ0v) is 16.1. The Morgan fingerprint density at radius 2 is 1.85 bits per heavy atom. The highest BCUT2D eigenvalue weighted by atomic mass is 79.9. The third-order valence-corrected chi connectivity index (χ3v) is 5.04. The van der Waals surface area contributed by atoms with Crippen molar-refractivity contribution in [2.24, 2.45) is 0 Å². The number of nitrogens with one attached hydrogen (secondary N) is 1. The van der Waals surface area contributed by atoms with Gasteiger partial charge in [0.1, 0.15) is 11.5 Å². The number of hydrogen-bond acceptors (Lipinski definition) is 4. The summed E-state index contributed by atoms with van der Waals surface area (Å²) in [6, 6.07) is 16.2. The smallest absolute Gasteiger partial charge is 0.271 e. The van der Waals surface area contributed by atoms with E-state index >= 15 is 0 Å². The predicted octanol–water partition coefficient (Wildman–Crippen LogP) is 4.60. The molecule has 3 rings (SSSR count). The molecule has 1 amide bonds. The zero-order valence-electron chi connectivity index (χ0n) is 13.7. The van der Waals surface area contributed by atoms with Gasteiger partial charge in [-0.2, -0.15) is 0 Å². The molecule has 0 radical (unpaired) electrons. The first-order valence-electron chi connectivity index (χ1n) is 7.84. The lowest BCUT2D eigenvalue weighted by Gasteiger charge is -2.08. The predicted molar refractivity (Wildman–Crippen MR) is 103 cm³/mol. The highest BCUT2D eigenvalue weighted by Crippen LogP contribution is 2.23. The molecular formula is C19H15BrFN3OS. The molecule has 2 aromatic carbocycles. The van der Waals surface area contributed by atoms with Crippen molar-refractivity contribution < 1.29 is 9.18 Å². The van der Waals surface area contributed by atoms with Gasteiger partial charge < -0.3 is 5.32 Å². The first kappa shape index (κ1) is 18.5. The number of carbonyl (C=O) groups excluding carboxylic acids is 1. The number of thioether (sulfide) groups is 1. The Hall–Kier alpha value is -2.25. The second-order valence-corrected chi connectivity index (χ2v) is 7.19. The van der Waals surface area contributed by atoms with Crippen LogP contribution in [0.1, 0.15) is 21.6 Å². The van der Waals surface area contributed by atoms with E-state index in [2.05, 4.69) is 31.2 Å². The zero-order chi connectivity index (χ0) is 18.4. The van der Waals surface area contributed by atoms with E-state index in [0.717, 1.165) is 5.56 Å². The van der Waals surface area contributed by atoms with Crippen molar-refractivity contribution in [3.05, 3.63) is 87.9 Å². The summed E-state index contributed by atoms with van der Waals surface area (Å²) in [6.45, 7) is 0.411. The minimum Gasteiger partial charge on any atom is -0.347 e. The summed E-state index contributed by atoms with van der Waals surface area (Å²) >= 11 is 4.59. The Morgan fingerprint density at radius 3 is 2.62 bits per heavy atom. The largest absolute Gasteiger partial charge is 0.347 e. The Bertz CT molecular complexity index is 908. The van der Waals surface area contributed by atoms with Gasteiger partial charge in [-0.05, 0) is 33.1 Å². The van der Waals surface area contributed by atoms with Crippen LogP contribution in [0, 0.1) is 5.82 Å². The van der Waals surface area contributed by atoms with E-state index in [1.165, 1.54) is 24.0 Å². The van der Waals surface area contributed by atoms with E-state index in [0.29, 0.717) is 27.5 Å². The molecule has 26 heavy (non-hydrogen) atoms. The number of amides is 1. The van der Waals surface area contributed by atoms with Crippen molar-refractivity contribution in [2.75, 3.05) is 0 Å². The molecule has 1 heterocycles. The van der Waals surface area contributed by atoms with Crippen molar-refractivity contribution >= 4 is 33.6 Å². The lowest BCUT2D eigenvalue weighted by molar-refractivity contribution is 0.0944. The minimum atomic E-state index is -0.295. The number of halogens is 2. The molecule has 0 spiro atoms. The molecule has 0 aliphatic carbocycles. The van der Waals surface area contributed by atoms with E-state index in [1.54, 1.807) is 18.2 Å². The van der Waals surface area contributed by atoms with Crippen LogP contribution in [0.2, 0.25) is 0 Å². The maximum atomic E-state index is 13.7. The number of aromatic nitrogens is 2. The van der Waals surface area contributed by atoms with Crippen LogP contribution in [0.15, 0.2) is 70.4 Å². The lowest BCUT2D eigenvalue weighted by Crippen LogP contribution is -2.24. The highest BCUT2D eigenvalue weighted by molar-refractivity contribution is 9.10. The molecule has 7 heteroatoms. The molecule has 4 nitrogen and oxygen atoms in total. The van der Waals surface area contributed by atoms with Gasteiger partial charge in [0.05, 0.1) is 4.47 Å². The normalized spacial score (nSPS) is 10.5. The SMILES string of the molecule is O=C(NCc1ccccc1)c1nc(SCc2ccccc2F)ncc1Br. The second-order valence-electron chi connectivity index (χ2n) is 5.40. The fourth-order valence-electron chi connectivity index (χ4n) is 2.20. The number of carbonyl (C=O) groups is 1. The van der Waals surface area contributed by atoms with Crippen molar-refractivity contribution in [1.82, 2.24) is 15.3 Å². The molecule has 0 aliphatic rings. The number of benzene rings is 2. The van der Waals surface area contributed by atoms with Crippen LogP contribution >= 0.6 is 27.7 Å². The highest BCUT2D eigenvalue weighted by Gasteiger charge is 2.14. The molecule has 0 unspecified atom stereocenters. The Labute approximate surface area is 163 Å². The topological polar surface area (TPSA) is 54.9 Å². The van der Waals surface area contributed by atoms with Crippen LogP contribution < -0.4 is 5.32 Å². The molecule has 0 fully saturated rings. The summed E-state index contributed by atoms with van der Waals surface area (Å²) in [7, 11) is 0. The van der Waals surface area contributed by atoms with Crippen LogP contribution in [-0.4, -0.2) is 15.9 Å². The van der Waals surface area contributed by atoms with Crippen LogP contribution in [0.4, 0.5) is 4.39 Å². The number of hydrogen-bond donors (Lipinski definition) is 1. The van der Waals surface area contributed by atoms with Gasteiger partial charge in [-0.15, -0.1) is 0 Å². The number of rotatable bonds is 6. The second kappa shape index (κ2) is 8.91. The van der Waals surface area contributed by atoms with Gasteiger partial charge in [0.2, 0.25) is 0 Å². The van der Waals surface area contributed by atoms with Crippen LogP contribution in [0.5, 0.6) is 0 Å². The van der Waals surface area contributed by atoms with Crippen LogP contribution in [0.25, 0.3) is 0 Å². The van der Waals surface area contributed by atoms with E-state index < -0.39 is 0 Å². The van der Waals surface area contributed by atoms with Gasteiger partial charge in [0, 0.05) is 18.5 Å². The summed E-state index contributed by atoms with van der Waals surface area (Å²) in [4.78, 5) is 20.9. The van der Waals surface area contributed by atoms with Gasteiger partial charge in [0.15, 0.2) is 5.16 Å². The molecule has 0 bridgehead atoms. The van der Waals surface area contributed by atoms with Crippen molar-refractivity contribution in [3.8, 4) is 0 Å². The van der Waals surface area contributed by atoms with Crippen molar-refractivity contribution in [3.63, 3.8) is 0 Å². The third kappa shape index (κ3) is 4.89. The van der Waals surface area contributed by atoms with Gasteiger partial charge in [-0.25, -0.2) is 14.4 Å². The molecule has 1 aromatic heterocycles. The molecule has 0 saturated carbocycles. The maximum Gasteiger partial charge on any atom is 0.271 e. The van der Waals surface area contributed by atoms with Crippen molar-refractivity contribution in [2.45, 2.75) is 17.5 Å². The molecule has 132 valence electrons. The van der Waals surface area contributed by atoms with Crippen LogP contribution in [0.3, 0.4) is 0 Å². The minimum absolute atomic E-state index is 0.256. The van der Waals surface area contributed by atoms with E-state index in [1.807, 2.05) is 30.3 Å². The van der Waals surface area contributed by atoms with Crippen molar-refractivity contribution in [1.29, 1.82) is 0 Å². The summed E-state index contributed by atoms with van der Waals surface area (Å²) < 4.78 is 14.2. The molecule has 1 N–H and O–H groups in total.